The third-order valence-corrected chi connectivity index (χ3v) is 6.06. The van der Waals surface area contributed by atoms with Crippen LogP contribution in [0.2, 0.25) is 5.02 Å². The van der Waals surface area contributed by atoms with E-state index in [2.05, 4.69) is 10.3 Å². The van der Waals surface area contributed by atoms with Crippen molar-refractivity contribution in [1.82, 2.24) is 9.97 Å². The molecule has 0 spiro atoms. The maximum atomic E-state index is 14.7. The van der Waals surface area contributed by atoms with E-state index in [1.807, 2.05) is 13.0 Å². The number of fused-ring (bicyclic) bond motifs is 3. The number of nitrogens with one attached hydrogen (secondary N) is 1. The Morgan fingerprint density at radius 1 is 0.914 bits per heavy atom. The Kier molecular flexibility index (Phi) is 5.93. The van der Waals surface area contributed by atoms with Gasteiger partial charge in [0.05, 0.1) is 18.0 Å². The van der Waals surface area contributed by atoms with Gasteiger partial charge in [0.25, 0.3) is 0 Å². The minimum absolute atomic E-state index is 0.263. The van der Waals surface area contributed by atoms with Gasteiger partial charge in [-0.15, -0.1) is 0 Å². The van der Waals surface area contributed by atoms with Crippen LogP contribution in [0.15, 0.2) is 65.7 Å². The molecule has 0 saturated heterocycles. The van der Waals surface area contributed by atoms with E-state index in [1.54, 1.807) is 48.5 Å². The normalized spacial score (nSPS) is 12.1. The number of aryl methyl sites for hydroxylation is 1. The summed E-state index contributed by atoms with van der Waals surface area (Å²) in [5, 5.41) is 3.61. The zero-order chi connectivity index (χ0) is 24.5. The minimum atomic E-state index is -0.377. The molecule has 0 saturated carbocycles. The number of carbonyl (C=O) groups is 2. The summed E-state index contributed by atoms with van der Waals surface area (Å²) in [4.78, 5) is 36.6. The van der Waals surface area contributed by atoms with Crippen LogP contribution in [0.5, 0.6) is 0 Å². The molecular weight excluding hydrogens is 467 g/mol. The summed E-state index contributed by atoms with van der Waals surface area (Å²) in [7, 11) is 0. The summed E-state index contributed by atoms with van der Waals surface area (Å²) in [6.07, 6.45) is 1.26. The van der Waals surface area contributed by atoms with E-state index in [9.17, 15) is 14.0 Å². The average Bonchev–Trinajstić information content (AvgIpc) is 3.01. The van der Waals surface area contributed by atoms with Crippen LogP contribution >= 0.6 is 11.6 Å². The van der Waals surface area contributed by atoms with Crippen molar-refractivity contribution >= 4 is 41.5 Å². The first-order valence-corrected chi connectivity index (χ1v) is 11.1. The van der Waals surface area contributed by atoms with Crippen molar-refractivity contribution in [2.45, 2.75) is 13.5 Å². The first-order valence-electron chi connectivity index (χ1n) is 10.8. The van der Waals surface area contributed by atoms with E-state index in [0.29, 0.717) is 63.0 Å². The summed E-state index contributed by atoms with van der Waals surface area (Å²) in [5.74, 6) is -0.0646. The van der Waals surface area contributed by atoms with Crippen LogP contribution in [-0.2, 0) is 6.54 Å². The molecule has 0 atom stereocenters. The number of rotatable bonds is 5. The number of benzene rings is 3. The number of aldehydes is 2. The maximum Gasteiger partial charge on any atom is 0.228 e. The fourth-order valence-electron chi connectivity index (χ4n) is 4.10. The van der Waals surface area contributed by atoms with Crippen LogP contribution in [0.1, 0.15) is 43.1 Å². The molecule has 0 unspecified atom stereocenters. The van der Waals surface area contributed by atoms with Crippen molar-refractivity contribution in [2.24, 2.45) is 4.99 Å². The number of halogens is 2. The highest BCUT2D eigenvalue weighted by molar-refractivity contribution is 6.31. The second-order valence-electron chi connectivity index (χ2n) is 8.00. The molecule has 1 aliphatic rings. The zero-order valence-corrected chi connectivity index (χ0v) is 19.3. The molecule has 8 heteroatoms. The summed E-state index contributed by atoms with van der Waals surface area (Å²) < 4.78 is 14.7. The van der Waals surface area contributed by atoms with Gasteiger partial charge in [-0.05, 0) is 49.4 Å². The topological polar surface area (TPSA) is 84.3 Å². The number of hydrogen-bond donors (Lipinski definition) is 1. The third-order valence-electron chi connectivity index (χ3n) is 5.83. The van der Waals surface area contributed by atoms with Crippen LogP contribution < -0.4 is 5.32 Å². The van der Waals surface area contributed by atoms with Crippen molar-refractivity contribution in [2.75, 3.05) is 5.32 Å². The molecule has 1 aliphatic heterocycles. The van der Waals surface area contributed by atoms with Gasteiger partial charge in [0, 0.05) is 49.8 Å². The van der Waals surface area contributed by atoms with Crippen molar-refractivity contribution in [3.8, 4) is 11.3 Å². The molecule has 0 aliphatic carbocycles. The highest BCUT2D eigenvalue weighted by atomic mass is 35.5. The van der Waals surface area contributed by atoms with Gasteiger partial charge in [-0.2, -0.15) is 0 Å². The van der Waals surface area contributed by atoms with E-state index in [0.717, 1.165) is 11.1 Å². The lowest BCUT2D eigenvalue weighted by molar-refractivity contribution is 0.109. The van der Waals surface area contributed by atoms with Gasteiger partial charge < -0.3 is 5.32 Å². The SMILES string of the molecule is Cc1nc(Nc2ccc(C=O)c(C=O)c2)nc2c1CN=C(c1ccccc1F)c1cc(Cl)ccc1-2. The summed E-state index contributed by atoms with van der Waals surface area (Å²) in [5.41, 5.74) is 5.59. The van der Waals surface area contributed by atoms with E-state index in [1.165, 1.54) is 6.07 Å². The number of anilines is 2. The molecule has 35 heavy (non-hydrogen) atoms. The molecule has 0 amide bonds. The van der Waals surface area contributed by atoms with E-state index in [-0.39, 0.29) is 17.9 Å². The lowest BCUT2D eigenvalue weighted by Crippen LogP contribution is -2.07. The second kappa shape index (κ2) is 9.19. The van der Waals surface area contributed by atoms with E-state index >= 15 is 0 Å². The molecule has 5 rings (SSSR count). The van der Waals surface area contributed by atoms with Crippen LogP contribution in [0.4, 0.5) is 16.0 Å². The first kappa shape index (κ1) is 22.6. The number of hydrogen-bond acceptors (Lipinski definition) is 6. The number of aliphatic imine (C=N–C) groups is 1. The van der Waals surface area contributed by atoms with E-state index in [4.69, 9.17) is 21.6 Å². The van der Waals surface area contributed by atoms with Gasteiger partial charge in [0.15, 0.2) is 12.6 Å². The molecule has 0 bridgehead atoms. The van der Waals surface area contributed by atoms with Crippen molar-refractivity contribution in [3.63, 3.8) is 0 Å². The largest absolute Gasteiger partial charge is 0.324 e. The highest BCUT2D eigenvalue weighted by Crippen LogP contribution is 2.35. The summed E-state index contributed by atoms with van der Waals surface area (Å²) >= 11 is 6.33. The molecule has 1 N–H and O–H groups in total. The highest BCUT2D eigenvalue weighted by Gasteiger charge is 2.24. The van der Waals surface area contributed by atoms with Gasteiger partial charge in [-0.3, -0.25) is 14.6 Å². The molecule has 0 radical (unpaired) electrons. The predicted octanol–water partition coefficient (Wildman–Crippen LogP) is 5.96. The molecule has 3 aromatic carbocycles. The molecule has 172 valence electrons. The smallest absolute Gasteiger partial charge is 0.228 e. The van der Waals surface area contributed by atoms with E-state index < -0.39 is 0 Å². The Balaban J connectivity index is 1.64. The Hall–Kier alpha value is -4.23. The molecular formula is C27H18ClFN4O2. The van der Waals surface area contributed by atoms with Crippen molar-refractivity contribution in [3.05, 3.63) is 105 Å². The molecule has 4 aromatic rings. The number of carbonyl (C=O) groups excluding carboxylic acids is 2. The van der Waals surface area contributed by atoms with Crippen LogP contribution in [0.3, 0.4) is 0 Å². The first-order chi connectivity index (χ1) is 17.0. The summed E-state index contributed by atoms with van der Waals surface area (Å²) in [6, 6.07) is 16.6. The Morgan fingerprint density at radius 2 is 1.71 bits per heavy atom. The molecule has 1 aromatic heterocycles. The van der Waals surface area contributed by atoms with Gasteiger partial charge in [0.1, 0.15) is 5.82 Å². The molecule has 2 heterocycles. The van der Waals surface area contributed by atoms with Crippen LogP contribution in [0.25, 0.3) is 11.3 Å². The lowest BCUT2D eigenvalue weighted by Gasteiger charge is -2.14. The Bertz CT molecular complexity index is 1530. The van der Waals surface area contributed by atoms with Crippen LogP contribution in [-0.4, -0.2) is 28.3 Å². The van der Waals surface area contributed by atoms with Gasteiger partial charge in [-0.25, -0.2) is 14.4 Å². The average molecular weight is 485 g/mol. The quantitative estimate of drug-likeness (QED) is 0.353. The monoisotopic (exact) mass is 484 g/mol. The van der Waals surface area contributed by atoms with Gasteiger partial charge >= 0.3 is 0 Å². The molecule has 6 nitrogen and oxygen atoms in total. The van der Waals surface area contributed by atoms with Gasteiger partial charge in [0.2, 0.25) is 5.95 Å². The summed E-state index contributed by atoms with van der Waals surface area (Å²) in [6.45, 7) is 2.12. The Labute approximate surface area is 205 Å². The molecule has 0 fully saturated rings. The number of aromatic nitrogens is 2. The standard InChI is InChI=1S/C27H18ClFN4O2/c1-15-23-12-30-25(21-4-2-3-5-24(21)29)22-11-18(28)7-9-20(22)26(23)33-27(31-15)32-19-8-6-16(13-34)17(10-19)14-35/h2-11,13-14H,12H2,1H3,(H,31,32,33). The zero-order valence-electron chi connectivity index (χ0n) is 18.5. The van der Waals surface area contributed by atoms with Crippen molar-refractivity contribution < 1.29 is 14.0 Å². The second-order valence-corrected chi connectivity index (χ2v) is 8.44. The fourth-order valence-corrected chi connectivity index (χ4v) is 4.27. The minimum Gasteiger partial charge on any atom is -0.324 e. The number of nitrogens with zero attached hydrogens (tertiary/aromatic N) is 3. The van der Waals surface area contributed by atoms with Crippen molar-refractivity contribution in [1.29, 1.82) is 0 Å². The third kappa shape index (κ3) is 4.22. The van der Waals surface area contributed by atoms with Gasteiger partial charge in [-0.1, -0.05) is 29.8 Å². The fraction of sp³-hybridized carbons (Fsp3) is 0.0741. The Morgan fingerprint density at radius 3 is 2.49 bits per heavy atom. The van der Waals surface area contributed by atoms with Crippen LogP contribution in [0, 0.1) is 12.7 Å². The lowest BCUT2D eigenvalue weighted by atomic mass is 9.94. The predicted molar refractivity (Wildman–Crippen MR) is 133 cm³/mol. The maximum absolute atomic E-state index is 14.7.